The maximum Gasteiger partial charge on any atom is 0.0459 e. The predicted molar refractivity (Wildman–Crippen MR) is 70.4 cm³/mol. The third-order valence-electron chi connectivity index (χ3n) is 3.31. The first-order chi connectivity index (χ1) is 8.29. The van der Waals surface area contributed by atoms with E-state index in [-0.39, 0.29) is 11.8 Å². The smallest absolute Gasteiger partial charge is 0.0459 e. The zero-order chi connectivity index (χ0) is 13.5. The molecule has 0 spiro atoms. The number of hydrogen-bond donors (Lipinski definition) is 1. The van der Waals surface area contributed by atoms with Gasteiger partial charge in [0.25, 0.3) is 0 Å². The number of carbonyl (C=O) groups excluding carboxylic acids is 1. The molecule has 96 valence electrons. The number of aromatic amines is 1. The molecule has 0 aliphatic rings. The summed E-state index contributed by atoms with van der Waals surface area (Å²) in [7, 11) is 0. The first kappa shape index (κ1) is 12.7. The number of benzene rings is 1. The molecule has 0 aliphatic heterocycles. The number of nitrogens with one attached hydrogen (secondary N) is 1. The van der Waals surface area contributed by atoms with Gasteiger partial charge in [-0.2, -0.15) is 0 Å². The molecule has 0 atom stereocenters. The molecular weight excluding hydrogens is 226 g/mol. The molecule has 2 aromatic rings. The molecule has 0 radical (unpaired) electrons. The van der Waals surface area contributed by atoms with E-state index in [0.717, 1.165) is 22.2 Å². The summed E-state index contributed by atoms with van der Waals surface area (Å²) in [6, 6.07) is 6.18. The van der Waals surface area contributed by atoms with Crippen molar-refractivity contribution in [3.05, 3.63) is 35.0 Å². The highest BCUT2D eigenvalue weighted by Crippen LogP contribution is 2.29. The van der Waals surface area contributed by atoms with E-state index in [9.17, 15) is 9.90 Å². The van der Waals surface area contributed by atoms with E-state index in [1.807, 2.05) is 13.0 Å². The number of aromatic nitrogens is 1. The lowest BCUT2D eigenvalue weighted by Gasteiger charge is -2.19. The Morgan fingerprint density at radius 2 is 2.00 bits per heavy atom. The van der Waals surface area contributed by atoms with Crippen molar-refractivity contribution in [1.82, 2.24) is 4.98 Å². The van der Waals surface area contributed by atoms with Gasteiger partial charge in [-0.1, -0.05) is 26.8 Å². The average Bonchev–Trinajstić information content (AvgIpc) is 2.53. The number of aryl methyl sites for hydroxylation is 1. The highest BCUT2D eigenvalue weighted by Gasteiger charge is 2.16. The van der Waals surface area contributed by atoms with Gasteiger partial charge in [0.2, 0.25) is 0 Å². The molecule has 3 heteroatoms. The maximum absolute atomic E-state index is 10.8. The number of aliphatic carboxylic acids is 1. The second-order valence-corrected chi connectivity index (χ2v) is 5.79. The molecule has 0 aliphatic carbocycles. The zero-order valence-corrected chi connectivity index (χ0v) is 11.3. The number of hydrogen-bond acceptors (Lipinski definition) is 2. The number of carboxylic acids is 1. The van der Waals surface area contributed by atoms with E-state index in [2.05, 4.69) is 37.9 Å². The molecular formula is C15H18NO2-. The minimum Gasteiger partial charge on any atom is -0.550 e. The normalized spacial score (nSPS) is 12.0. The molecule has 3 nitrogen and oxygen atoms in total. The van der Waals surface area contributed by atoms with Crippen molar-refractivity contribution >= 4 is 16.9 Å². The van der Waals surface area contributed by atoms with Gasteiger partial charge < -0.3 is 14.9 Å². The van der Waals surface area contributed by atoms with Gasteiger partial charge in [0.15, 0.2) is 0 Å². The molecule has 0 amide bonds. The van der Waals surface area contributed by atoms with Crippen LogP contribution in [0.2, 0.25) is 0 Å². The van der Waals surface area contributed by atoms with Crippen LogP contribution < -0.4 is 5.11 Å². The number of carboxylic acid groups (broad SMARTS) is 1. The summed E-state index contributed by atoms with van der Waals surface area (Å²) in [5.74, 6) is -1.04. The van der Waals surface area contributed by atoms with Crippen molar-refractivity contribution in [3.63, 3.8) is 0 Å². The molecule has 2 rings (SSSR count). The van der Waals surface area contributed by atoms with Gasteiger partial charge in [-0.25, -0.2) is 0 Å². The molecule has 1 heterocycles. The van der Waals surface area contributed by atoms with Crippen molar-refractivity contribution < 1.29 is 9.90 Å². The molecule has 1 N–H and O–H groups in total. The lowest BCUT2D eigenvalue weighted by molar-refractivity contribution is -0.304. The number of H-pyrrole nitrogens is 1. The van der Waals surface area contributed by atoms with E-state index >= 15 is 0 Å². The van der Waals surface area contributed by atoms with Crippen molar-refractivity contribution in [2.75, 3.05) is 0 Å². The highest BCUT2D eigenvalue weighted by molar-refractivity contribution is 5.88. The van der Waals surface area contributed by atoms with Crippen LogP contribution in [0.5, 0.6) is 0 Å². The van der Waals surface area contributed by atoms with Gasteiger partial charge >= 0.3 is 0 Å². The molecule has 18 heavy (non-hydrogen) atoms. The number of rotatable bonds is 2. The van der Waals surface area contributed by atoms with Crippen LogP contribution in [0, 0.1) is 6.92 Å². The molecule has 1 aromatic heterocycles. The lowest BCUT2D eigenvalue weighted by Crippen LogP contribution is -2.24. The van der Waals surface area contributed by atoms with Crippen LogP contribution in [0.4, 0.5) is 0 Å². The molecule has 0 fully saturated rings. The average molecular weight is 244 g/mol. The summed E-state index contributed by atoms with van der Waals surface area (Å²) in [6.07, 6.45) is -0.0422. The zero-order valence-electron chi connectivity index (χ0n) is 11.3. The molecule has 1 aromatic carbocycles. The van der Waals surface area contributed by atoms with E-state index < -0.39 is 5.97 Å². The van der Waals surface area contributed by atoms with Crippen LogP contribution in [-0.4, -0.2) is 11.0 Å². The fourth-order valence-electron chi connectivity index (χ4n) is 2.22. The standard InChI is InChI=1S/C15H19NO2/c1-9-11(8-14(17)18)12-7-10(15(2,3)4)5-6-13(12)16-9/h5-7,16H,8H2,1-4H3,(H,17,18)/p-1. The summed E-state index contributed by atoms with van der Waals surface area (Å²) in [4.78, 5) is 14.0. The summed E-state index contributed by atoms with van der Waals surface area (Å²) in [5, 5.41) is 11.8. The van der Waals surface area contributed by atoms with Crippen molar-refractivity contribution in [2.24, 2.45) is 0 Å². The molecule has 0 bridgehead atoms. The Morgan fingerprint density at radius 1 is 1.33 bits per heavy atom. The number of fused-ring (bicyclic) bond motifs is 1. The Morgan fingerprint density at radius 3 is 2.56 bits per heavy atom. The third kappa shape index (κ3) is 2.26. The quantitative estimate of drug-likeness (QED) is 0.879. The molecule has 0 saturated heterocycles. The Bertz CT molecular complexity index is 603. The van der Waals surface area contributed by atoms with E-state index in [4.69, 9.17) is 0 Å². The van der Waals surface area contributed by atoms with Crippen LogP contribution in [0.1, 0.15) is 37.6 Å². The van der Waals surface area contributed by atoms with Crippen molar-refractivity contribution in [2.45, 2.75) is 39.5 Å². The number of carbonyl (C=O) groups is 1. The van der Waals surface area contributed by atoms with Gasteiger partial charge in [-0.05, 0) is 35.6 Å². The first-order valence-corrected chi connectivity index (χ1v) is 6.10. The van der Waals surface area contributed by atoms with E-state index in [1.165, 1.54) is 5.56 Å². The van der Waals surface area contributed by atoms with Crippen molar-refractivity contribution in [1.29, 1.82) is 0 Å². The first-order valence-electron chi connectivity index (χ1n) is 6.10. The molecule has 0 saturated carbocycles. The van der Waals surface area contributed by atoms with Gasteiger partial charge in [-0.3, -0.25) is 0 Å². The topological polar surface area (TPSA) is 55.9 Å². The van der Waals surface area contributed by atoms with Crippen molar-refractivity contribution in [3.8, 4) is 0 Å². The fraction of sp³-hybridized carbons (Fsp3) is 0.400. The second-order valence-electron chi connectivity index (χ2n) is 5.79. The van der Waals surface area contributed by atoms with Crippen LogP contribution in [0.3, 0.4) is 0 Å². The monoisotopic (exact) mass is 244 g/mol. The maximum atomic E-state index is 10.8. The Labute approximate surface area is 107 Å². The van der Waals surface area contributed by atoms with Crippen LogP contribution in [0.15, 0.2) is 18.2 Å². The van der Waals surface area contributed by atoms with Gasteiger partial charge in [-0.15, -0.1) is 0 Å². The van der Waals surface area contributed by atoms with Gasteiger partial charge in [0.05, 0.1) is 0 Å². The van der Waals surface area contributed by atoms with Crippen LogP contribution in [-0.2, 0) is 16.6 Å². The van der Waals surface area contributed by atoms with E-state index in [1.54, 1.807) is 0 Å². The Kier molecular flexibility index (Phi) is 2.93. The summed E-state index contributed by atoms with van der Waals surface area (Å²) in [5.41, 5.74) is 3.97. The lowest BCUT2D eigenvalue weighted by atomic mass is 9.86. The summed E-state index contributed by atoms with van der Waals surface area (Å²) in [6.45, 7) is 8.33. The largest absolute Gasteiger partial charge is 0.550 e. The second kappa shape index (κ2) is 4.16. The van der Waals surface area contributed by atoms with Gasteiger partial charge in [0, 0.05) is 29.0 Å². The van der Waals surface area contributed by atoms with Crippen LogP contribution in [0.25, 0.3) is 10.9 Å². The summed E-state index contributed by atoms with van der Waals surface area (Å²) < 4.78 is 0. The Hall–Kier alpha value is -1.77. The molecule has 0 unspecified atom stereocenters. The predicted octanol–water partition coefficient (Wildman–Crippen LogP) is 2.07. The Balaban J connectivity index is 2.63. The van der Waals surface area contributed by atoms with E-state index in [0.29, 0.717) is 0 Å². The third-order valence-corrected chi connectivity index (χ3v) is 3.31. The minimum absolute atomic E-state index is 0.0422. The highest BCUT2D eigenvalue weighted by atomic mass is 16.4. The van der Waals surface area contributed by atoms with Gasteiger partial charge in [0.1, 0.15) is 0 Å². The SMILES string of the molecule is Cc1[nH]c2ccc(C(C)(C)C)cc2c1CC(=O)[O-]. The summed E-state index contributed by atoms with van der Waals surface area (Å²) >= 11 is 0. The fourth-order valence-corrected chi connectivity index (χ4v) is 2.22. The minimum atomic E-state index is -1.04. The van der Waals surface area contributed by atoms with Crippen LogP contribution >= 0.6 is 0 Å².